The van der Waals surface area contributed by atoms with Gasteiger partial charge in [-0.1, -0.05) is 32.3 Å². The molecule has 0 aromatic heterocycles. The van der Waals surface area contributed by atoms with Crippen LogP contribution in [0, 0.1) is 0 Å². The molecule has 0 amide bonds. The molecule has 76 valence electrons. The third kappa shape index (κ3) is 2.55. The van der Waals surface area contributed by atoms with Crippen LogP contribution in [0.5, 0.6) is 0 Å². The van der Waals surface area contributed by atoms with E-state index in [0.29, 0.717) is 18.4 Å². The summed E-state index contributed by atoms with van der Waals surface area (Å²) in [5.74, 6) is 0. The molecule has 13 heavy (non-hydrogen) atoms. The Morgan fingerprint density at radius 1 is 1.23 bits per heavy atom. The Balaban J connectivity index is 2.65. The van der Waals surface area contributed by atoms with Crippen molar-refractivity contribution in [2.45, 2.75) is 57.2 Å². The highest BCUT2D eigenvalue weighted by atomic mass is 16.3. The standard InChI is InChI=1S/C11H20O2/c1-9(2)10(12)11(13)7-5-3-4-6-8-11/h10,12-13H,1,3-8H2,2H3. The largest absolute Gasteiger partial charge is 0.387 e. The van der Waals surface area contributed by atoms with Crippen LogP contribution in [0.2, 0.25) is 0 Å². The van der Waals surface area contributed by atoms with Crippen LogP contribution in [-0.2, 0) is 0 Å². The summed E-state index contributed by atoms with van der Waals surface area (Å²) in [4.78, 5) is 0. The van der Waals surface area contributed by atoms with Crippen molar-refractivity contribution >= 4 is 0 Å². The fourth-order valence-corrected chi connectivity index (χ4v) is 2.07. The van der Waals surface area contributed by atoms with E-state index >= 15 is 0 Å². The summed E-state index contributed by atoms with van der Waals surface area (Å²) in [6.07, 6.45) is 5.05. The van der Waals surface area contributed by atoms with Crippen LogP contribution in [0.25, 0.3) is 0 Å². The first-order chi connectivity index (χ1) is 6.06. The maximum Gasteiger partial charge on any atom is 0.103 e. The topological polar surface area (TPSA) is 40.5 Å². The van der Waals surface area contributed by atoms with E-state index in [4.69, 9.17) is 0 Å². The number of rotatable bonds is 2. The third-order valence-corrected chi connectivity index (χ3v) is 2.95. The molecule has 0 heterocycles. The van der Waals surface area contributed by atoms with E-state index in [9.17, 15) is 10.2 Å². The Morgan fingerprint density at radius 3 is 2.08 bits per heavy atom. The lowest BCUT2D eigenvalue weighted by Gasteiger charge is -2.32. The average Bonchev–Trinajstić information content (AvgIpc) is 2.29. The predicted octanol–water partition coefficient (Wildman–Crippen LogP) is 2.01. The normalized spacial score (nSPS) is 24.8. The second-order valence-electron chi connectivity index (χ2n) is 4.27. The van der Waals surface area contributed by atoms with Crippen LogP contribution in [0.4, 0.5) is 0 Å². The molecule has 1 unspecified atom stereocenters. The molecule has 2 N–H and O–H groups in total. The highest BCUT2D eigenvalue weighted by Gasteiger charge is 2.35. The molecule has 2 nitrogen and oxygen atoms in total. The summed E-state index contributed by atoms with van der Waals surface area (Å²) in [6, 6.07) is 0. The SMILES string of the molecule is C=C(C)C(O)C1(O)CCCCCC1. The van der Waals surface area contributed by atoms with Crippen LogP contribution in [0.1, 0.15) is 45.4 Å². The molecule has 1 fully saturated rings. The first-order valence-corrected chi connectivity index (χ1v) is 5.12. The van der Waals surface area contributed by atoms with Gasteiger partial charge in [0.1, 0.15) is 6.10 Å². The molecular formula is C11H20O2. The summed E-state index contributed by atoms with van der Waals surface area (Å²) in [7, 11) is 0. The minimum atomic E-state index is -0.900. The van der Waals surface area contributed by atoms with Crippen LogP contribution >= 0.6 is 0 Å². The average molecular weight is 184 g/mol. The fourth-order valence-electron chi connectivity index (χ4n) is 2.07. The molecule has 0 aromatic rings. The Labute approximate surface area is 80.3 Å². The second-order valence-corrected chi connectivity index (χ2v) is 4.27. The van der Waals surface area contributed by atoms with Crippen LogP contribution in [0.15, 0.2) is 12.2 Å². The predicted molar refractivity (Wildman–Crippen MR) is 53.5 cm³/mol. The van der Waals surface area contributed by atoms with Gasteiger partial charge in [0.2, 0.25) is 0 Å². The maximum absolute atomic E-state index is 10.2. The van der Waals surface area contributed by atoms with E-state index in [-0.39, 0.29) is 0 Å². The first-order valence-electron chi connectivity index (χ1n) is 5.12. The lowest BCUT2D eigenvalue weighted by molar-refractivity contribution is -0.0670. The molecule has 0 aliphatic heterocycles. The molecule has 0 aromatic carbocycles. The number of aliphatic hydroxyl groups is 2. The van der Waals surface area contributed by atoms with E-state index in [1.807, 2.05) is 0 Å². The molecule has 1 aliphatic rings. The molecule has 0 radical (unpaired) electrons. The lowest BCUT2D eigenvalue weighted by Crippen LogP contribution is -2.42. The molecule has 1 rings (SSSR count). The Kier molecular flexibility index (Phi) is 3.51. The van der Waals surface area contributed by atoms with Gasteiger partial charge in [0, 0.05) is 0 Å². The van der Waals surface area contributed by atoms with Crippen molar-refractivity contribution in [1.82, 2.24) is 0 Å². The fraction of sp³-hybridized carbons (Fsp3) is 0.818. The Hall–Kier alpha value is -0.340. The van der Waals surface area contributed by atoms with Gasteiger partial charge in [0.05, 0.1) is 5.60 Å². The van der Waals surface area contributed by atoms with Gasteiger partial charge in [-0.3, -0.25) is 0 Å². The number of aliphatic hydroxyl groups excluding tert-OH is 1. The number of hydrogen-bond acceptors (Lipinski definition) is 2. The Morgan fingerprint density at radius 2 is 1.69 bits per heavy atom. The van der Waals surface area contributed by atoms with Crippen LogP contribution in [0.3, 0.4) is 0 Å². The van der Waals surface area contributed by atoms with Crippen LogP contribution in [-0.4, -0.2) is 21.9 Å². The van der Waals surface area contributed by atoms with Gasteiger partial charge in [-0.25, -0.2) is 0 Å². The van der Waals surface area contributed by atoms with Gasteiger partial charge >= 0.3 is 0 Å². The third-order valence-electron chi connectivity index (χ3n) is 2.95. The zero-order chi connectivity index (χ0) is 9.90. The summed E-state index contributed by atoms with van der Waals surface area (Å²) < 4.78 is 0. The Bertz CT molecular complexity index is 179. The molecule has 0 bridgehead atoms. The first kappa shape index (κ1) is 10.7. The summed E-state index contributed by atoms with van der Waals surface area (Å²) in [5.41, 5.74) is -0.230. The molecule has 1 aliphatic carbocycles. The lowest BCUT2D eigenvalue weighted by atomic mass is 9.85. The quantitative estimate of drug-likeness (QED) is 0.509. The van der Waals surface area contributed by atoms with Gasteiger partial charge in [-0.15, -0.1) is 0 Å². The van der Waals surface area contributed by atoms with Crippen molar-refractivity contribution in [3.8, 4) is 0 Å². The van der Waals surface area contributed by atoms with Gasteiger partial charge < -0.3 is 10.2 Å². The van der Waals surface area contributed by atoms with E-state index in [1.54, 1.807) is 6.92 Å². The summed E-state index contributed by atoms with van der Waals surface area (Å²) >= 11 is 0. The molecule has 0 saturated heterocycles. The van der Waals surface area contributed by atoms with Crippen molar-refractivity contribution in [3.05, 3.63) is 12.2 Å². The van der Waals surface area contributed by atoms with Crippen molar-refractivity contribution < 1.29 is 10.2 Å². The molecule has 2 heteroatoms. The molecule has 1 saturated carbocycles. The maximum atomic E-state index is 10.2. The monoisotopic (exact) mass is 184 g/mol. The summed E-state index contributed by atoms with van der Waals surface area (Å²) in [5, 5.41) is 20.0. The minimum absolute atomic E-state index is 0.671. The summed E-state index contributed by atoms with van der Waals surface area (Å²) in [6.45, 7) is 5.47. The van der Waals surface area contributed by atoms with E-state index in [1.165, 1.54) is 12.8 Å². The highest BCUT2D eigenvalue weighted by molar-refractivity contribution is 5.07. The van der Waals surface area contributed by atoms with Crippen molar-refractivity contribution in [2.75, 3.05) is 0 Å². The zero-order valence-corrected chi connectivity index (χ0v) is 8.42. The second kappa shape index (κ2) is 4.25. The van der Waals surface area contributed by atoms with Crippen LogP contribution < -0.4 is 0 Å². The molecule has 1 atom stereocenters. The van der Waals surface area contributed by atoms with Gasteiger partial charge in [0.25, 0.3) is 0 Å². The smallest absolute Gasteiger partial charge is 0.103 e. The molecule has 0 spiro atoms. The van der Waals surface area contributed by atoms with Crippen molar-refractivity contribution in [2.24, 2.45) is 0 Å². The van der Waals surface area contributed by atoms with Gasteiger partial charge in [0.15, 0.2) is 0 Å². The minimum Gasteiger partial charge on any atom is -0.387 e. The molecular weight excluding hydrogens is 164 g/mol. The van der Waals surface area contributed by atoms with E-state index < -0.39 is 11.7 Å². The van der Waals surface area contributed by atoms with Gasteiger partial charge in [-0.2, -0.15) is 0 Å². The van der Waals surface area contributed by atoms with Crippen molar-refractivity contribution in [3.63, 3.8) is 0 Å². The van der Waals surface area contributed by atoms with Crippen molar-refractivity contribution in [1.29, 1.82) is 0 Å². The van der Waals surface area contributed by atoms with E-state index in [0.717, 1.165) is 12.8 Å². The zero-order valence-electron chi connectivity index (χ0n) is 8.42. The highest BCUT2D eigenvalue weighted by Crippen LogP contribution is 2.31. The van der Waals surface area contributed by atoms with E-state index in [2.05, 4.69) is 6.58 Å². The van der Waals surface area contributed by atoms with Gasteiger partial charge in [-0.05, 0) is 25.3 Å². The number of hydrogen-bond donors (Lipinski definition) is 2.